The van der Waals surface area contributed by atoms with Crippen LogP contribution in [0, 0.1) is 0 Å². The van der Waals surface area contributed by atoms with E-state index in [0.29, 0.717) is 28.7 Å². The number of nitrogens with zero attached hydrogens (tertiary/aromatic N) is 1. The lowest BCUT2D eigenvalue weighted by Crippen LogP contribution is -2.50. The second-order valence-corrected chi connectivity index (χ2v) is 10.2. The Balaban J connectivity index is 1.67. The molecule has 0 radical (unpaired) electrons. The number of halogens is 1. The van der Waals surface area contributed by atoms with Gasteiger partial charge in [-0.2, -0.15) is 0 Å². The summed E-state index contributed by atoms with van der Waals surface area (Å²) in [6, 6.07) is 29.1. The number of carbonyl (C=O) groups excluding carboxylic acids is 2. The Hall–Kier alpha value is -4.49. The molecule has 0 bridgehead atoms. The zero-order valence-electron chi connectivity index (χ0n) is 24.0. The van der Waals surface area contributed by atoms with Crippen LogP contribution in [0.2, 0.25) is 5.02 Å². The molecule has 1 N–H and O–H groups in total. The van der Waals surface area contributed by atoms with E-state index in [2.05, 4.69) is 5.32 Å². The number of para-hydroxylation sites is 1. The molecule has 0 fully saturated rings. The summed E-state index contributed by atoms with van der Waals surface area (Å²) >= 11 is 6.14. The van der Waals surface area contributed by atoms with Gasteiger partial charge in [0.1, 0.15) is 11.8 Å². The predicted molar refractivity (Wildman–Crippen MR) is 164 cm³/mol. The van der Waals surface area contributed by atoms with Gasteiger partial charge in [-0.3, -0.25) is 9.59 Å². The van der Waals surface area contributed by atoms with Gasteiger partial charge in [-0.25, -0.2) is 0 Å². The van der Waals surface area contributed by atoms with E-state index in [1.54, 1.807) is 50.5 Å². The number of amides is 2. The minimum atomic E-state index is -0.787. The van der Waals surface area contributed by atoms with Crippen molar-refractivity contribution in [3.63, 3.8) is 0 Å². The van der Waals surface area contributed by atoms with Crippen molar-refractivity contribution in [2.24, 2.45) is 0 Å². The maximum Gasteiger partial charge on any atom is 0.243 e. The molecule has 0 aliphatic rings. The molecule has 4 rings (SSSR count). The molecule has 0 aliphatic heterocycles. The second kappa shape index (κ2) is 14.9. The van der Waals surface area contributed by atoms with Crippen molar-refractivity contribution in [3.05, 3.63) is 124 Å². The summed E-state index contributed by atoms with van der Waals surface area (Å²) in [5.74, 6) is 1.32. The lowest BCUT2D eigenvalue weighted by Gasteiger charge is -2.32. The van der Waals surface area contributed by atoms with Gasteiger partial charge < -0.3 is 24.4 Å². The van der Waals surface area contributed by atoms with Crippen LogP contribution in [0.15, 0.2) is 97.1 Å². The van der Waals surface area contributed by atoms with Crippen LogP contribution >= 0.6 is 11.6 Å². The molecule has 1 unspecified atom stereocenters. The number of carbonyl (C=O) groups is 2. The van der Waals surface area contributed by atoms with E-state index in [1.807, 2.05) is 72.8 Å². The quantitative estimate of drug-likeness (QED) is 0.212. The Bertz CT molecular complexity index is 1480. The van der Waals surface area contributed by atoms with Gasteiger partial charge in [-0.1, -0.05) is 78.3 Å². The molecule has 2 amide bonds. The fourth-order valence-electron chi connectivity index (χ4n) is 4.76. The normalized spacial score (nSPS) is 11.3. The van der Waals surface area contributed by atoms with Crippen LogP contribution < -0.4 is 19.5 Å². The Morgan fingerprint density at radius 1 is 0.738 bits per heavy atom. The molecule has 218 valence electrons. The molecule has 0 spiro atoms. The van der Waals surface area contributed by atoms with Crippen molar-refractivity contribution in [2.75, 3.05) is 21.3 Å². The standard InChI is InChI=1S/C34H35ClN2O5/c1-40-30-12-8-7-11-27(30)22-36-34(39)29(19-24-9-5-4-6-10-24)37(23-25-13-16-28(35)17-14-25)33(38)21-26-15-18-31(41-2)32(20-26)42-3/h4-18,20,29H,19,21-23H2,1-3H3,(H,36,39). The fourth-order valence-corrected chi connectivity index (χ4v) is 4.88. The van der Waals surface area contributed by atoms with Crippen molar-refractivity contribution in [3.8, 4) is 17.2 Å². The van der Waals surface area contributed by atoms with E-state index < -0.39 is 6.04 Å². The highest BCUT2D eigenvalue weighted by Crippen LogP contribution is 2.28. The molecular weight excluding hydrogens is 552 g/mol. The van der Waals surface area contributed by atoms with Crippen LogP contribution in [0.1, 0.15) is 22.3 Å². The molecule has 0 saturated heterocycles. The molecule has 0 saturated carbocycles. The van der Waals surface area contributed by atoms with Gasteiger partial charge >= 0.3 is 0 Å². The van der Waals surface area contributed by atoms with Gasteiger partial charge in [0.2, 0.25) is 11.8 Å². The number of nitrogens with one attached hydrogen (secondary N) is 1. The van der Waals surface area contributed by atoms with Crippen molar-refractivity contribution < 1.29 is 23.8 Å². The third-order valence-corrected chi connectivity index (χ3v) is 7.24. The number of benzene rings is 4. The third kappa shape index (κ3) is 8.04. The maximum atomic E-state index is 14.1. The Morgan fingerprint density at radius 2 is 1.38 bits per heavy atom. The summed E-state index contributed by atoms with van der Waals surface area (Å²) in [5.41, 5.74) is 3.38. The van der Waals surface area contributed by atoms with Crippen LogP contribution in [0.25, 0.3) is 0 Å². The molecule has 42 heavy (non-hydrogen) atoms. The van der Waals surface area contributed by atoms with Gasteiger partial charge in [-0.15, -0.1) is 0 Å². The van der Waals surface area contributed by atoms with E-state index in [9.17, 15) is 9.59 Å². The van der Waals surface area contributed by atoms with Gasteiger partial charge in [0.15, 0.2) is 11.5 Å². The van der Waals surface area contributed by atoms with Gasteiger partial charge in [0.05, 0.1) is 27.8 Å². The lowest BCUT2D eigenvalue weighted by atomic mass is 10.0. The zero-order chi connectivity index (χ0) is 29.9. The molecular formula is C34H35ClN2O5. The topological polar surface area (TPSA) is 77.1 Å². The van der Waals surface area contributed by atoms with Crippen LogP contribution in [-0.2, 0) is 35.5 Å². The van der Waals surface area contributed by atoms with Crippen molar-refractivity contribution >= 4 is 23.4 Å². The number of ether oxygens (including phenoxy) is 3. The van der Waals surface area contributed by atoms with E-state index in [4.69, 9.17) is 25.8 Å². The summed E-state index contributed by atoms with van der Waals surface area (Å²) in [7, 11) is 4.71. The average molecular weight is 587 g/mol. The maximum absolute atomic E-state index is 14.1. The second-order valence-electron chi connectivity index (χ2n) is 9.75. The Labute approximate surface area is 252 Å². The molecule has 0 aliphatic carbocycles. The first-order valence-electron chi connectivity index (χ1n) is 13.6. The van der Waals surface area contributed by atoms with Crippen LogP contribution in [0.3, 0.4) is 0 Å². The highest BCUT2D eigenvalue weighted by molar-refractivity contribution is 6.30. The van der Waals surface area contributed by atoms with Crippen LogP contribution in [-0.4, -0.2) is 44.1 Å². The monoisotopic (exact) mass is 586 g/mol. The van der Waals surface area contributed by atoms with Gasteiger partial charge in [0, 0.05) is 30.1 Å². The minimum Gasteiger partial charge on any atom is -0.496 e. The first-order chi connectivity index (χ1) is 20.4. The Kier molecular flexibility index (Phi) is 10.8. The Morgan fingerprint density at radius 3 is 2.07 bits per heavy atom. The molecule has 7 nitrogen and oxygen atoms in total. The smallest absolute Gasteiger partial charge is 0.243 e. The summed E-state index contributed by atoms with van der Waals surface area (Å²) in [6.07, 6.45) is 0.406. The fraction of sp³-hybridized carbons (Fsp3) is 0.235. The van der Waals surface area contributed by atoms with Gasteiger partial charge in [-0.05, 0) is 47.0 Å². The average Bonchev–Trinajstić information content (AvgIpc) is 3.02. The molecule has 8 heteroatoms. The van der Waals surface area contributed by atoms with Crippen molar-refractivity contribution in [2.45, 2.75) is 32.0 Å². The third-order valence-electron chi connectivity index (χ3n) is 6.99. The number of hydrogen-bond acceptors (Lipinski definition) is 5. The summed E-state index contributed by atoms with van der Waals surface area (Å²) in [4.78, 5) is 29.7. The number of methoxy groups -OCH3 is 3. The largest absolute Gasteiger partial charge is 0.496 e. The van der Waals surface area contributed by atoms with Crippen LogP contribution in [0.4, 0.5) is 0 Å². The number of hydrogen-bond donors (Lipinski definition) is 1. The van der Waals surface area contributed by atoms with E-state index in [-0.39, 0.29) is 31.3 Å². The highest BCUT2D eigenvalue weighted by Gasteiger charge is 2.30. The summed E-state index contributed by atoms with van der Waals surface area (Å²) in [6.45, 7) is 0.482. The first-order valence-corrected chi connectivity index (χ1v) is 14.0. The number of rotatable bonds is 13. The minimum absolute atomic E-state index is 0.0685. The lowest BCUT2D eigenvalue weighted by molar-refractivity contribution is -0.140. The molecule has 0 aromatic heterocycles. The summed E-state index contributed by atoms with van der Waals surface area (Å²) in [5, 5.41) is 3.65. The van der Waals surface area contributed by atoms with E-state index in [1.165, 1.54) is 0 Å². The summed E-state index contributed by atoms with van der Waals surface area (Å²) < 4.78 is 16.3. The highest BCUT2D eigenvalue weighted by atomic mass is 35.5. The first kappa shape index (κ1) is 30.5. The van der Waals surface area contributed by atoms with Gasteiger partial charge in [0.25, 0.3) is 0 Å². The van der Waals surface area contributed by atoms with Crippen molar-refractivity contribution in [1.82, 2.24) is 10.2 Å². The van der Waals surface area contributed by atoms with Crippen LogP contribution in [0.5, 0.6) is 17.2 Å². The van der Waals surface area contributed by atoms with Crippen molar-refractivity contribution in [1.29, 1.82) is 0 Å². The predicted octanol–water partition coefficient (Wildman–Crippen LogP) is 5.86. The van der Waals surface area contributed by atoms with E-state index >= 15 is 0 Å². The zero-order valence-corrected chi connectivity index (χ0v) is 24.8. The molecule has 0 heterocycles. The SMILES string of the molecule is COc1ccccc1CNC(=O)C(Cc1ccccc1)N(Cc1ccc(Cl)cc1)C(=O)Cc1ccc(OC)c(OC)c1. The van der Waals surface area contributed by atoms with E-state index in [0.717, 1.165) is 22.3 Å². The molecule has 4 aromatic carbocycles. The molecule has 1 atom stereocenters. The molecule has 4 aromatic rings.